The molecule has 3 atom stereocenters. The van der Waals surface area contributed by atoms with E-state index < -0.39 is 6.10 Å². The molecular formula is C20H30N2O2. The minimum atomic E-state index is -0.473. The van der Waals surface area contributed by atoms with Crippen molar-refractivity contribution in [3.05, 3.63) is 29.3 Å². The van der Waals surface area contributed by atoms with Crippen LogP contribution >= 0.6 is 0 Å². The van der Waals surface area contributed by atoms with Gasteiger partial charge < -0.3 is 15.4 Å². The fourth-order valence-corrected chi connectivity index (χ4v) is 3.84. The molecular weight excluding hydrogens is 300 g/mol. The predicted octanol–water partition coefficient (Wildman–Crippen LogP) is 3.28. The molecule has 0 aromatic heterocycles. The monoisotopic (exact) mass is 330 g/mol. The van der Waals surface area contributed by atoms with E-state index in [0.29, 0.717) is 18.0 Å². The molecule has 4 heteroatoms. The number of rotatable bonds is 5. The fourth-order valence-electron chi connectivity index (χ4n) is 3.84. The van der Waals surface area contributed by atoms with E-state index in [0.717, 1.165) is 24.2 Å². The Labute approximate surface area is 145 Å². The summed E-state index contributed by atoms with van der Waals surface area (Å²) in [5.41, 5.74) is 2.30. The molecule has 0 spiro atoms. The Hall–Kier alpha value is -1.55. The molecule has 2 saturated heterocycles. The second kappa shape index (κ2) is 7.14. The number of piperidine rings is 1. The first-order chi connectivity index (χ1) is 11.4. The zero-order chi connectivity index (χ0) is 17.3. The number of carbonyl (C=O) groups excluding carboxylic acids is 1. The second-order valence-corrected chi connectivity index (χ2v) is 7.75. The minimum absolute atomic E-state index is 0.00403. The smallest absolute Gasteiger partial charge is 0.260 e. The number of carbonyl (C=O) groups is 1. The molecule has 2 aliphatic rings. The van der Waals surface area contributed by atoms with E-state index in [1.807, 2.05) is 13.8 Å². The van der Waals surface area contributed by atoms with Crippen LogP contribution < -0.4 is 15.4 Å². The molecule has 2 fully saturated rings. The number of ether oxygens (including phenoxy) is 1. The lowest BCUT2D eigenvalue weighted by Crippen LogP contribution is -2.50. The van der Waals surface area contributed by atoms with Crippen LogP contribution in [0.3, 0.4) is 0 Å². The molecule has 132 valence electrons. The van der Waals surface area contributed by atoms with Gasteiger partial charge in [0.2, 0.25) is 0 Å². The van der Waals surface area contributed by atoms with Gasteiger partial charge in [-0.15, -0.1) is 0 Å². The number of aryl methyl sites for hydroxylation is 1. The number of hydrogen-bond acceptors (Lipinski definition) is 3. The summed E-state index contributed by atoms with van der Waals surface area (Å²) in [5, 5.41) is 6.80. The Bertz CT molecular complexity index is 587. The van der Waals surface area contributed by atoms with E-state index in [-0.39, 0.29) is 11.9 Å². The van der Waals surface area contributed by atoms with Crippen LogP contribution in [0.15, 0.2) is 18.2 Å². The maximum atomic E-state index is 12.5. The highest BCUT2D eigenvalue weighted by atomic mass is 16.5. The zero-order valence-electron chi connectivity index (χ0n) is 15.3. The maximum Gasteiger partial charge on any atom is 0.260 e. The summed E-state index contributed by atoms with van der Waals surface area (Å²) in [4.78, 5) is 12.5. The predicted molar refractivity (Wildman–Crippen MR) is 96.5 cm³/mol. The fraction of sp³-hybridized carbons (Fsp3) is 0.650. The first-order valence-electron chi connectivity index (χ1n) is 9.26. The van der Waals surface area contributed by atoms with Crippen molar-refractivity contribution in [1.82, 2.24) is 10.6 Å². The number of hydrogen-bond donors (Lipinski definition) is 2. The summed E-state index contributed by atoms with van der Waals surface area (Å²) in [7, 11) is 0. The lowest BCUT2D eigenvalue weighted by atomic mass is 9.99. The molecule has 2 heterocycles. The summed E-state index contributed by atoms with van der Waals surface area (Å²) in [6, 6.07) is 7.70. The third kappa shape index (κ3) is 3.92. The Balaban J connectivity index is 1.59. The third-order valence-electron chi connectivity index (χ3n) is 5.37. The summed E-state index contributed by atoms with van der Waals surface area (Å²) in [5.74, 6) is 1.26. The van der Waals surface area contributed by atoms with E-state index in [4.69, 9.17) is 4.74 Å². The zero-order valence-corrected chi connectivity index (χ0v) is 15.3. The molecule has 4 nitrogen and oxygen atoms in total. The van der Waals surface area contributed by atoms with Gasteiger partial charge in [-0.25, -0.2) is 0 Å². The van der Waals surface area contributed by atoms with Gasteiger partial charge in [0, 0.05) is 18.1 Å². The van der Waals surface area contributed by atoms with Crippen molar-refractivity contribution in [1.29, 1.82) is 0 Å². The molecule has 0 aliphatic carbocycles. The van der Waals surface area contributed by atoms with Gasteiger partial charge in [-0.2, -0.15) is 0 Å². The van der Waals surface area contributed by atoms with Crippen LogP contribution in [0.5, 0.6) is 5.75 Å². The van der Waals surface area contributed by atoms with Crippen LogP contribution in [0.4, 0.5) is 0 Å². The minimum Gasteiger partial charge on any atom is -0.481 e. The lowest BCUT2D eigenvalue weighted by molar-refractivity contribution is -0.128. The molecule has 2 N–H and O–H groups in total. The number of fused-ring (bicyclic) bond motifs is 2. The largest absolute Gasteiger partial charge is 0.481 e. The van der Waals surface area contributed by atoms with E-state index in [1.54, 1.807) is 0 Å². The van der Waals surface area contributed by atoms with Crippen molar-refractivity contribution in [3.8, 4) is 5.75 Å². The van der Waals surface area contributed by atoms with E-state index >= 15 is 0 Å². The van der Waals surface area contributed by atoms with Crippen molar-refractivity contribution >= 4 is 5.91 Å². The molecule has 0 saturated carbocycles. The van der Waals surface area contributed by atoms with Crippen LogP contribution in [-0.4, -0.2) is 30.1 Å². The van der Waals surface area contributed by atoms with Crippen molar-refractivity contribution in [2.24, 2.45) is 0 Å². The van der Waals surface area contributed by atoms with E-state index in [2.05, 4.69) is 42.7 Å². The Morgan fingerprint density at radius 3 is 2.50 bits per heavy atom. The van der Waals surface area contributed by atoms with Gasteiger partial charge in [-0.1, -0.05) is 26.0 Å². The Morgan fingerprint density at radius 2 is 1.88 bits per heavy atom. The summed E-state index contributed by atoms with van der Waals surface area (Å²) < 4.78 is 5.98. The molecule has 1 amide bonds. The molecule has 1 aromatic carbocycles. The van der Waals surface area contributed by atoms with Crippen LogP contribution in [0.25, 0.3) is 0 Å². The SMILES string of the molecule is Cc1ccc(C(C)C)cc1OC(C)C(=O)NC1CC2CCC(C1)N2. The third-order valence-corrected chi connectivity index (χ3v) is 5.37. The summed E-state index contributed by atoms with van der Waals surface area (Å²) >= 11 is 0. The van der Waals surface area contributed by atoms with Gasteiger partial charge in [0.25, 0.3) is 5.91 Å². The van der Waals surface area contributed by atoms with Crippen molar-refractivity contribution in [2.75, 3.05) is 0 Å². The molecule has 2 bridgehead atoms. The Kier molecular flexibility index (Phi) is 5.14. The van der Waals surface area contributed by atoms with Gasteiger partial charge in [0.1, 0.15) is 5.75 Å². The molecule has 3 rings (SSSR count). The Morgan fingerprint density at radius 1 is 1.21 bits per heavy atom. The molecule has 3 unspecified atom stereocenters. The second-order valence-electron chi connectivity index (χ2n) is 7.75. The van der Waals surface area contributed by atoms with Crippen LogP contribution in [0.1, 0.15) is 63.5 Å². The van der Waals surface area contributed by atoms with Crippen molar-refractivity contribution in [3.63, 3.8) is 0 Å². The number of benzene rings is 1. The molecule has 0 radical (unpaired) electrons. The van der Waals surface area contributed by atoms with Crippen LogP contribution in [0.2, 0.25) is 0 Å². The first kappa shape index (κ1) is 17.3. The molecule has 2 aliphatic heterocycles. The highest BCUT2D eigenvalue weighted by Gasteiger charge is 2.34. The van der Waals surface area contributed by atoms with Crippen LogP contribution in [-0.2, 0) is 4.79 Å². The first-order valence-corrected chi connectivity index (χ1v) is 9.26. The quantitative estimate of drug-likeness (QED) is 0.871. The highest BCUT2D eigenvalue weighted by molar-refractivity contribution is 5.81. The maximum absolute atomic E-state index is 12.5. The van der Waals surface area contributed by atoms with Gasteiger partial charge >= 0.3 is 0 Å². The van der Waals surface area contributed by atoms with Crippen LogP contribution in [0, 0.1) is 6.92 Å². The molecule has 1 aromatic rings. The molecule has 24 heavy (non-hydrogen) atoms. The average molecular weight is 330 g/mol. The average Bonchev–Trinajstić information content (AvgIpc) is 2.87. The van der Waals surface area contributed by atoms with Crippen molar-refractivity contribution in [2.45, 2.75) is 83.5 Å². The van der Waals surface area contributed by atoms with Crippen molar-refractivity contribution < 1.29 is 9.53 Å². The standard InChI is InChI=1S/C20H30N2O2/c1-12(2)15-6-5-13(3)19(9-15)24-14(4)20(23)22-18-10-16-7-8-17(11-18)21-16/h5-6,9,12,14,16-18,21H,7-8,10-11H2,1-4H3,(H,22,23). The van der Waals surface area contributed by atoms with Gasteiger partial charge in [0.05, 0.1) is 0 Å². The topological polar surface area (TPSA) is 50.4 Å². The van der Waals surface area contributed by atoms with Gasteiger partial charge in [-0.3, -0.25) is 4.79 Å². The normalized spacial score (nSPS) is 27.1. The summed E-state index contributed by atoms with van der Waals surface area (Å²) in [6.07, 6.45) is 4.08. The van der Waals surface area contributed by atoms with Gasteiger partial charge in [-0.05, 0) is 62.6 Å². The summed E-state index contributed by atoms with van der Waals surface area (Å²) in [6.45, 7) is 8.19. The lowest BCUT2D eigenvalue weighted by Gasteiger charge is -2.30. The van der Waals surface area contributed by atoms with E-state index in [1.165, 1.54) is 18.4 Å². The number of amides is 1. The highest BCUT2D eigenvalue weighted by Crippen LogP contribution is 2.27. The number of nitrogens with one attached hydrogen (secondary N) is 2. The van der Waals surface area contributed by atoms with E-state index in [9.17, 15) is 4.79 Å². The van der Waals surface area contributed by atoms with Gasteiger partial charge in [0.15, 0.2) is 6.10 Å².